The second-order valence-corrected chi connectivity index (χ2v) is 7.85. The van der Waals surface area contributed by atoms with Crippen LogP contribution in [0.5, 0.6) is 0 Å². The molecule has 1 aromatic heterocycles. The van der Waals surface area contributed by atoms with Crippen molar-refractivity contribution >= 4 is 23.5 Å². The van der Waals surface area contributed by atoms with Gasteiger partial charge in [-0.25, -0.2) is 4.79 Å². The first-order valence-corrected chi connectivity index (χ1v) is 9.68. The summed E-state index contributed by atoms with van der Waals surface area (Å²) >= 11 is 1.65. The van der Waals surface area contributed by atoms with Crippen molar-refractivity contribution in [3.8, 4) is 0 Å². The van der Waals surface area contributed by atoms with Gasteiger partial charge in [-0.1, -0.05) is 43.2 Å². The first-order chi connectivity index (χ1) is 12.1. The Bertz CT molecular complexity index is 711. The normalized spacial score (nSPS) is 16.4. The predicted octanol–water partition coefficient (Wildman–Crippen LogP) is 4.12. The molecule has 1 aliphatic carbocycles. The molecule has 2 aromatic rings. The lowest BCUT2D eigenvalue weighted by Gasteiger charge is -2.23. The maximum Gasteiger partial charge on any atom is 0.319 e. The maximum absolute atomic E-state index is 12.2. The lowest BCUT2D eigenvalue weighted by molar-refractivity contribution is 0.244. The van der Waals surface area contributed by atoms with Crippen LogP contribution in [0.3, 0.4) is 0 Å². The van der Waals surface area contributed by atoms with Crippen molar-refractivity contribution in [3.05, 3.63) is 36.2 Å². The number of carbonyl (C=O) groups excluding carboxylic acids is 1. The molecular weight excluding hydrogens is 334 g/mol. The van der Waals surface area contributed by atoms with E-state index in [9.17, 15) is 4.79 Å². The molecule has 2 N–H and O–H groups in total. The molecule has 3 rings (SSSR count). The lowest BCUT2D eigenvalue weighted by Crippen LogP contribution is -2.39. The third kappa shape index (κ3) is 4.98. The molecule has 1 aliphatic rings. The van der Waals surface area contributed by atoms with Crippen LogP contribution in [0.25, 0.3) is 0 Å². The number of nitrogens with zero attached hydrogens (tertiary/aromatic N) is 3. The number of aromatic nitrogens is 3. The van der Waals surface area contributed by atoms with Gasteiger partial charge in [0.1, 0.15) is 6.33 Å². The molecule has 0 aliphatic heterocycles. The van der Waals surface area contributed by atoms with Crippen LogP contribution in [0.2, 0.25) is 0 Å². The summed E-state index contributed by atoms with van der Waals surface area (Å²) in [5.41, 5.74) is 1.96. The third-order valence-corrected chi connectivity index (χ3v) is 5.71. The number of thioether (sulfide) groups is 1. The van der Waals surface area contributed by atoms with E-state index in [1.54, 1.807) is 18.1 Å². The Morgan fingerprint density at radius 1 is 1.32 bits per heavy atom. The fourth-order valence-corrected chi connectivity index (χ4v) is 3.98. The molecule has 0 saturated heterocycles. The highest BCUT2D eigenvalue weighted by atomic mass is 32.2. The van der Waals surface area contributed by atoms with Crippen molar-refractivity contribution in [2.45, 2.75) is 55.5 Å². The highest BCUT2D eigenvalue weighted by Gasteiger charge is 2.16. The van der Waals surface area contributed by atoms with E-state index in [0.717, 1.165) is 29.2 Å². The van der Waals surface area contributed by atoms with Crippen LogP contribution in [0.15, 0.2) is 35.7 Å². The molecule has 134 valence electrons. The summed E-state index contributed by atoms with van der Waals surface area (Å²) in [6, 6.07) is 8.18. The molecule has 6 nitrogen and oxygen atoms in total. The van der Waals surface area contributed by atoms with E-state index in [1.807, 2.05) is 29.8 Å². The first-order valence-electron chi connectivity index (χ1n) is 8.80. The SMILES string of the molecule is C[C@H](Sc1nncn1C)c1cccc(NC(=O)NC2CCCCC2)c1. The van der Waals surface area contributed by atoms with Crippen LogP contribution in [0.4, 0.5) is 10.5 Å². The Labute approximate surface area is 152 Å². The zero-order chi connectivity index (χ0) is 17.6. The van der Waals surface area contributed by atoms with E-state index in [4.69, 9.17) is 0 Å². The second-order valence-electron chi connectivity index (χ2n) is 6.54. The fraction of sp³-hybridized carbons (Fsp3) is 0.500. The summed E-state index contributed by atoms with van der Waals surface area (Å²) in [6.07, 6.45) is 7.55. The monoisotopic (exact) mass is 359 g/mol. The molecule has 1 atom stereocenters. The zero-order valence-electron chi connectivity index (χ0n) is 14.7. The molecule has 0 radical (unpaired) electrons. The summed E-state index contributed by atoms with van der Waals surface area (Å²) < 4.78 is 1.90. The number of rotatable bonds is 5. The standard InChI is InChI=1S/C18H25N5OS/c1-13(25-18-22-19-12-23(18)2)14-7-6-10-16(11-14)21-17(24)20-15-8-4-3-5-9-15/h6-7,10-13,15H,3-5,8-9H2,1-2H3,(H2,20,21,24)/t13-/m0/s1. The minimum absolute atomic E-state index is 0.113. The minimum Gasteiger partial charge on any atom is -0.335 e. The van der Waals surface area contributed by atoms with Crippen molar-refractivity contribution in [2.75, 3.05) is 5.32 Å². The fourth-order valence-electron chi connectivity index (χ4n) is 3.07. The number of anilines is 1. The van der Waals surface area contributed by atoms with Crippen LogP contribution in [-0.4, -0.2) is 26.8 Å². The van der Waals surface area contributed by atoms with Crippen molar-refractivity contribution in [3.63, 3.8) is 0 Å². The number of benzene rings is 1. The van der Waals surface area contributed by atoms with Crippen LogP contribution in [0, 0.1) is 0 Å². The molecule has 25 heavy (non-hydrogen) atoms. The van der Waals surface area contributed by atoms with Gasteiger partial charge in [0.2, 0.25) is 0 Å². The quantitative estimate of drug-likeness (QED) is 0.788. The van der Waals surface area contributed by atoms with Gasteiger partial charge in [0, 0.05) is 24.0 Å². The Morgan fingerprint density at radius 3 is 2.84 bits per heavy atom. The van der Waals surface area contributed by atoms with E-state index in [1.165, 1.54) is 19.3 Å². The van der Waals surface area contributed by atoms with Gasteiger partial charge >= 0.3 is 6.03 Å². The molecule has 1 heterocycles. The number of aryl methyl sites for hydroxylation is 1. The number of amides is 2. The van der Waals surface area contributed by atoms with Gasteiger partial charge < -0.3 is 15.2 Å². The van der Waals surface area contributed by atoms with E-state index in [-0.39, 0.29) is 11.3 Å². The van der Waals surface area contributed by atoms with Gasteiger partial charge in [0.15, 0.2) is 5.16 Å². The van der Waals surface area contributed by atoms with Crippen LogP contribution in [-0.2, 0) is 7.05 Å². The van der Waals surface area contributed by atoms with E-state index >= 15 is 0 Å². The first kappa shape index (κ1) is 17.8. The molecule has 7 heteroatoms. The second kappa shape index (κ2) is 8.38. The van der Waals surface area contributed by atoms with Crippen LogP contribution >= 0.6 is 11.8 Å². The number of nitrogens with one attached hydrogen (secondary N) is 2. The minimum atomic E-state index is -0.113. The molecule has 1 aromatic carbocycles. The molecule has 0 bridgehead atoms. The highest BCUT2D eigenvalue weighted by molar-refractivity contribution is 7.99. The Balaban J connectivity index is 1.58. The largest absolute Gasteiger partial charge is 0.335 e. The number of urea groups is 1. The topological polar surface area (TPSA) is 71.8 Å². The average molecular weight is 359 g/mol. The smallest absolute Gasteiger partial charge is 0.319 e. The summed E-state index contributed by atoms with van der Waals surface area (Å²) in [5.74, 6) is 0. The summed E-state index contributed by atoms with van der Waals surface area (Å²) in [5, 5.41) is 15.2. The van der Waals surface area contributed by atoms with Crippen molar-refractivity contribution in [1.82, 2.24) is 20.1 Å². The lowest BCUT2D eigenvalue weighted by atomic mass is 9.96. The van der Waals surface area contributed by atoms with Gasteiger partial charge in [0.05, 0.1) is 0 Å². The van der Waals surface area contributed by atoms with Gasteiger partial charge in [-0.3, -0.25) is 0 Å². The highest BCUT2D eigenvalue weighted by Crippen LogP contribution is 2.34. The van der Waals surface area contributed by atoms with E-state index in [0.29, 0.717) is 6.04 Å². The van der Waals surface area contributed by atoms with Crippen LogP contribution in [0.1, 0.15) is 49.8 Å². The van der Waals surface area contributed by atoms with Crippen molar-refractivity contribution in [2.24, 2.45) is 7.05 Å². The molecule has 1 saturated carbocycles. The van der Waals surface area contributed by atoms with Gasteiger partial charge in [-0.05, 0) is 37.5 Å². The van der Waals surface area contributed by atoms with Gasteiger partial charge in [0.25, 0.3) is 0 Å². The van der Waals surface area contributed by atoms with Crippen LogP contribution < -0.4 is 10.6 Å². The zero-order valence-corrected chi connectivity index (χ0v) is 15.6. The number of hydrogen-bond donors (Lipinski definition) is 2. The summed E-state index contributed by atoms with van der Waals surface area (Å²) in [6.45, 7) is 2.13. The third-order valence-electron chi connectivity index (χ3n) is 4.51. The molecular formula is C18H25N5OS. The number of hydrogen-bond acceptors (Lipinski definition) is 4. The van der Waals surface area contributed by atoms with E-state index < -0.39 is 0 Å². The molecule has 0 unspecified atom stereocenters. The van der Waals surface area contributed by atoms with Gasteiger partial charge in [-0.15, -0.1) is 10.2 Å². The Hall–Kier alpha value is -2.02. The van der Waals surface area contributed by atoms with Crippen molar-refractivity contribution < 1.29 is 4.79 Å². The maximum atomic E-state index is 12.2. The summed E-state index contributed by atoms with van der Waals surface area (Å²) in [7, 11) is 1.93. The van der Waals surface area contributed by atoms with Crippen molar-refractivity contribution in [1.29, 1.82) is 0 Å². The van der Waals surface area contributed by atoms with Gasteiger partial charge in [-0.2, -0.15) is 0 Å². The summed E-state index contributed by atoms with van der Waals surface area (Å²) in [4.78, 5) is 12.2. The Morgan fingerprint density at radius 2 is 2.12 bits per heavy atom. The molecule has 2 amide bonds. The Kier molecular flexibility index (Phi) is 5.96. The predicted molar refractivity (Wildman–Crippen MR) is 101 cm³/mol. The van der Waals surface area contributed by atoms with E-state index in [2.05, 4.69) is 33.8 Å². The molecule has 0 spiro atoms. The number of carbonyl (C=O) groups is 1. The molecule has 1 fully saturated rings. The average Bonchev–Trinajstić information content (AvgIpc) is 3.00.